The van der Waals surface area contributed by atoms with E-state index in [0.717, 1.165) is 15.5 Å². The van der Waals surface area contributed by atoms with Crippen LogP contribution in [0.25, 0.3) is 0 Å². The SMILES string of the molecule is CCOC(=O)CN(C)C(=O)Cn1ccc(=O)[nH]c1=O. The predicted molar refractivity (Wildman–Crippen MR) is 65.6 cm³/mol. The highest BCUT2D eigenvalue weighted by atomic mass is 16.5. The number of aromatic nitrogens is 2. The number of esters is 1. The van der Waals surface area contributed by atoms with Crippen molar-refractivity contribution < 1.29 is 14.3 Å². The summed E-state index contributed by atoms with van der Waals surface area (Å²) in [6, 6.07) is 1.14. The maximum absolute atomic E-state index is 11.8. The minimum absolute atomic E-state index is 0.190. The molecular weight excluding hydrogens is 254 g/mol. The molecule has 0 aromatic carbocycles. The summed E-state index contributed by atoms with van der Waals surface area (Å²) < 4.78 is 5.75. The summed E-state index contributed by atoms with van der Waals surface area (Å²) in [5.41, 5.74) is -1.21. The molecule has 1 aromatic rings. The summed E-state index contributed by atoms with van der Waals surface area (Å²) in [5, 5.41) is 0. The van der Waals surface area contributed by atoms with Crippen molar-refractivity contribution in [2.45, 2.75) is 13.5 Å². The van der Waals surface area contributed by atoms with Crippen LogP contribution in [-0.4, -0.2) is 46.5 Å². The van der Waals surface area contributed by atoms with Crippen LogP contribution < -0.4 is 11.2 Å². The summed E-state index contributed by atoms with van der Waals surface area (Å²) in [6.07, 6.45) is 1.22. The van der Waals surface area contributed by atoms with Crippen molar-refractivity contribution in [2.24, 2.45) is 0 Å². The lowest BCUT2D eigenvalue weighted by Gasteiger charge is -2.16. The molecule has 0 bridgehead atoms. The van der Waals surface area contributed by atoms with E-state index in [1.807, 2.05) is 4.98 Å². The fourth-order valence-corrected chi connectivity index (χ4v) is 1.32. The average Bonchev–Trinajstić information content (AvgIpc) is 2.32. The summed E-state index contributed by atoms with van der Waals surface area (Å²) in [5.74, 6) is -0.964. The molecule has 19 heavy (non-hydrogen) atoms. The first kappa shape index (κ1) is 14.7. The van der Waals surface area contributed by atoms with Crippen molar-refractivity contribution >= 4 is 11.9 Å². The zero-order chi connectivity index (χ0) is 14.4. The lowest BCUT2D eigenvalue weighted by atomic mass is 10.4. The number of amides is 1. The Hall–Kier alpha value is -2.38. The van der Waals surface area contributed by atoms with Crippen LogP contribution in [0.5, 0.6) is 0 Å². The Kier molecular flexibility index (Phi) is 5.04. The fourth-order valence-electron chi connectivity index (χ4n) is 1.32. The Morgan fingerprint density at radius 1 is 1.42 bits per heavy atom. The van der Waals surface area contributed by atoms with Gasteiger partial charge in [-0.2, -0.15) is 0 Å². The first-order chi connectivity index (χ1) is 8.93. The van der Waals surface area contributed by atoms with Gasteiger partial charge in [0.1, 0.15) is 13.1 Å². The number of carbonyl (C=O) groups is 2. The maximum atomic E-state index is 11.8. The smallest absolute Gasteiger partial charge is 0.328 e. The van der Waals surface area contributed by atoms with Gasteiger partial charge >= 0.3 is 11.7 Å². The quantitative estimate of drug-likeness (QED) is 0.659. The van der Waals surface area contributed by atoms with Gasteiger partial charge in [0.15, 0.2) is 0 Å². The third-order valence-corrected chi connectivity index (χ3v) is 2.30. The van der Waals surface area contributed by atoms with Crippen LogP contribution in [0, 0.1) is 0 Å². The number of ether oxygens (including phenoxy) is 1. The van der Waals surface area contributed by atoms with Crippen LogP contribution in [0.4, 0.5) is 0 Å². The Morgan fingerprint density at radius 3 is 2.68 bits per heavy atom. The van der Waals surface area contributed by atoms with E-state index in [0.29, 0.717) is 0 Å². The summed E-state index contributed by atoms with van der Waals surface area (Å²) in [6.45, 7) is 1.45. The molecule has 8 nitrogen and oxygen atoms in total. The van der Waals surface area contributed by atoms with Crippen molar-refractivity contribution in [2.75, 3.05) is 20.2 Å². The Morgan fingerprint density at radius 2 is 2.11 bits per heavy atom. The molecule has 104 valence electrons. The van der Waals surface area contributed by atoms with Gasteiger partial charge in [-0.05, 0) is 6.92 Å². The third kappa shape index (κ3) is 4.41. The normalized spacial score (nSPS) is 10.0. The topological polar surface area (TPSA) is 101 Å². The number of hydrogen-bond donors (Lipinski definition) is 1. The van der Waals surface area contributed by atoms with Gasteiger partial charge in [-0.1, -0.05) is 0 Å². The van der Waals surface area contributed by atoms with Gasteiger partial charge in [0.05, 0.1) is 6.61 Å². The Bertz CT molecular complexity index is 574. The number of carbonyl (C=O) groups excluding carboxylic acids is 2. The van der Waals surface area contributed by atoms with Crippen LogP contribution in [0.2, 0.25) is 0 Å². The number of hydrogen-bond acceptors (Lipinski definition) is 5. The lowest BCUT2D eigenvalue weighted by Crippen LogP contribution is -2.38. The molecule has 0 saturated carbocycles. The lowest BCUT2D eigenvalue weighted by molar-refractivity contribution is -0.148. The van der Waals surface area contributed by atoms with E-state index in [-0.39, 0.29) is 19.7 Å². The highest BCUT2D eigenvalue weighted by Gasteiger charge is 2.14. The monoisotopic (exact) mass is 269 g/mol. The van der Waals surface area contributed by atoms with Gasteiger partial charge in [-0.25, -0.2) is 4.79 Å². The molecule has 0 radical (unpaired) electrons. The van der Waals surface area contributed by atoms with Crippen molar-refractivity contribution in [1.82, 2.24) is 14.5 Å². The van der Waals surface area contributed by atoms with E-state index >= 15 is 0 Å². The summed E-state index contributed by atoms with van der Waals surface area (Å²) in [4.78, 5) is 48.3. The van der Waals surface area contributed by atoms with E-state index in [1.165, 1.54) is 13.2 Å². The number of nitrogens with one attached hydrogen (secondary N) is 1. The molecule has 0 spiro atoms. The van der Waals surface area contributed by atoms with E-state index in [1.54, 1.807) is 6.92 Å². The molecule has 1 amide bonds. The highest BCUT2D eigenvalue weighted by Crippen LogP contribution is 1.90. The van der Waals surface area contributed by atoms with Gasteiger partial charge in [-0.15, -0.1) is 0 Å². The van der Waals surface area contributed by atoms with Crippen LogP contribution >= 0.6 is 0 Å². The number of rotatable bonds is 5. The van der Waals surface area contributed by atoms with Crippen molar-refractivity contribution in [3.63, 3.8) is 0 Å². The molecular formula is C11H15N3O5. The van der Waals surface area contributed by atoms with E-state index in [9.17, 15) is 19.2 Å². The minimum Gasteiger partial charge on any atom is -0.465 e. The molecule has 1 rings (SSSR count). The molecule has 1 N–H and O–H groups in total. The largest absolute Gasteiger partial charge is 0.465 e. The van der Waals surface area contributed by atoms with Crippen molar-refractivity contribution in [3.8, 4) is 0 Å². The van der Waals surface area contributed by atoms with Gasteiger partial charge in [0, 0.05) is 19.3 Å². The predicted octanol–water partition coefficient (Wildman–Crippen LogP) is -1.44. The molecule has 0 unspecified atom stereocenters. The zero-order valence-corrected chi connectivity index (χ0v) is 10.7. The van der Waals surface area contributed by atoms with E-state index in [4.69, 9.17) is 4.74 Å². The third-order valence-electron chi connectivity index (χ3n) is 2.30. The van der Waals surface area contributed by atoms with Gasteiger partial charge < -0.3 is 9.64 Å². The maximum Gasteiger partial charge on any atom is 0.328 e. The molecule has 0 aliphatic rings. The molecule has 0 fully saturated rings. The van der Waals surface area contributed by atoms with E-state index in [2.05, 4.69) is 0 Å². The molecule has 1 aromatic heterocycles. The number of aromatic amines is 1. The highest BCUT2D eigenvalue weighted by molar-refractivity contribution is 5.81. The van der Waals surface area contributed by atoms with E-state index < -0.39 is 23.1 Å². The summed E-state index contributed by atoms with van der Waals surface area (Å²) >= 11 is 0. The second-order valence-corrected chi connectivity index (χ2v) is 3.79. The number of H-pyrrole nitrogens is 1. The second kappa shape index (κ2) is 6.53. The van der Waals surface area contributed by atoms with Crippen LogP contribution in [0.15, 0.2) is 21.9 Å². The van der Waals surface area contributed by atoms with Crippen LogP contribution in [0.1, 0.15) is 6.92 Å². The zero-order valence-electron chi connectivity index (χ0n) is 10.7. The Labute approximate surface area is 108 Å². The average molecular weight is 269 g/mol. The fraction of sp³-hybridized carbons (Fsp3) is 0.455. The molecule has 0 aliphatic heterocycles. The number of nitrogens with zero attached hydrogens (tertiary/aromatic N) is 2. The number of likely N-dealkylation sites (N-methyl/N-ethyl adjacent to an activating group) is 1. The Balaban J connectivity index is 2.66. The standard InChI is InChI=1S/C11H15N3O5/c1-3-19-10(17)7-13(2)9(16)6-14-5-4-8(15)12-11(14)18/h4-5H,3,6-7H2,1-2H3,(H,12,15,18). The van der Waals surface area contributed by atoms with Gasteiger partial charge in [0.25, 0.3) is 5.56 Å². The van der Waals surface area contributed by atoms with Crippen molar-refractivity contribution in [3.05, 3.63) is 33.1 Å². The minimum atomic E-state index is -0.676. The second-order valence-electron chi connectivity index (χ2n) is 3.79. The first-order valence-corrected chi connectivity index (χ1v) is 5.63. The van der Waals surface area contributed by atoms with Gasteiger partial charge in [-0.3, -0.25) is 23.9 Å². The molecule has 1 heterocycles. The van der Waals surface area contributed by atoms with Gasteiger partial charge in [0.2, 0.25) is 5.91 Å². The van der Waals surface area contributed by atoms with Crippen LogP contribution in [-0.2, 0) is 20.9 Å². The van der Waals surface area contributed by atoms with Crippen LogP contribution in [0.3, 0.4) is 0 Å². The summed E-state index contributed by atoms with van der Waals surface area (Å²) in [7, 11) is 1.43. The molecule has 0 saturated heterocycles. The molecule has 8 heteroatoms. The first-order valence-electron chi connectivity index (χ1n) is 5.63. The van der Waals surface area contributed by atoms with Crippen molar-refractivity contribution in [1.29, 1.82) is 0 Å². The molecule has 0 aliphatic carbocycles. The molecule has 0 atom stereocenters.